The molecule has 0 aliphatic heterocycles. The summed E-state index contributed by atoms with van der Waals surface area (Å²) >= 11 is 5.00. The lowest BCUT2D eigenvalue weighted by molar-refractivity contribution is -0.113. The van der Waals surface area contributed by atoms with Gasteiger partial charge in [0.05, 0.1) is 12.3 Å². The topological polar surface area (TPSA) is 59.8 Å². The van der Waals surface area contributed by atoms with Gasteiger partial charge in [0.1, 0.15) is 0 Å². The molecule has 4 rings (SSSR count). The molecule has 1 N–H and O–H groups in total. The first-order chi connectivity index (χ1) is 15.1. The van der Waals surface area contributed by atoms with Crippen molar-refractivity contribution in [1.29, 1.82) is 0 Å². The first kappa shape index (κ1) is 21.3. The van der Waals surface area contributed by atoms with E-state index in [1.54, 1.807) is 0 Å². The third kappa shape index (κ3) is 5.24. The molecule has 4 aromatic rings. The van der Waals surface area contributed by atoms with Crippen LogP contribution >= 0.6 is 27.7 Å². The van der Waals surface area contributed by atoms with Crippen LogP contribution in [0.2, 0.25) is 0 Å². The van der Waals surface area contributed by atoms with E-state index in [1.165, 1.54) is 11.8 Å². The van der Waals surface area contributed by atoms with Gasteiger partial charge in [0.2, 0.25) is 5.91 Å². The van der Waals surface area contributed by atoms with Crippen molar-refractivity contribution >= 4 is 39.3 Å². The number of nitrogens with one attached hydrogen (secondary N) is 1. The van der Waals surface area contributed by atoms with Gasteiger partial charge in [-0.1, -0.05) is 94.4 Å². The predicted molar refractivity (Wildman–Crippen MR) is 129 cm³/mol. The fraction of sp³-hybridized carbons (Fsp3) is 0.125. The molecule has 0 fully saturated rings. The van der Waals surface area contributed by atoms with Crippen molar-refractivity contribution in [1.82, 2.24) is 14.8 Å². The Kier molecular flexibility index (Phi) is 6.84. The first-order valence-electron chi connectivity index (χ1n) is 9.82. The second-order valence-corrected chi connectivity index (χ2v) is 8.81. The van der Waals surface area contributed by atoms with Crippen LogP contribution in [-0.4, -0.2) is 26.4 Å². The fourth-order valence-corrected chi connectivity index (χ4v) is 4.38. The third-order valence-electron chi connectivity index (χ3n) is 4.77. The number of amides is 1. The van der Waals surface area contributed by atoms with E-state index in [9.17, 15) is 4.79 Å². The Morgan fingerprint density at radius 3 is 2.45 bits per heavy atom. The molecule has 0 aliphatic carbocycles. The smallest absolute Gasteiger partial charge is 0.234 e. The first-order valence-corrected chi connectivity index (χ1v) is 11.6. The largest absolute Gasteiger partial charge is 0.325 e. The van der Waals surface area contributed by atoms with E-state index in [4.69, 9.17) is 0 Å². The molecule has 0 saturated carbocycles. The Balaban J connectivity index is 1.57. The summed E-state index contributed by atoms with van der Waals surface area (Å²) in [5.74, 6) is 0.936. The van der Waals surface area contributed by atoms with E-state index in [0.29, 0.717) is 11.7 Å². The van der Waals surface area contributed by atoms with Gasteiger partial charge >= 0.3 is 0 Å². The van der Waals surface area contributed by atoms with Crippen LogP contribution in [-0.2, 0) is 11.3 Å². The van der Waals surface area contributed by atoms with Crippen LogP contribution in [0.3, 0.4) is 0 Å². The highest BCUT2D eigenvalue weighted by Gasteiger charge is 2.18. The van der Waals surface area contributed by atoms with E-state index in [0.717, 1.165) is 32.7 Å². The highest BCUT2D eigenvalue weighted by atomic mass is 79.9. The number of hydrogen-bond donors (Lipinski definition) is 1. The molecule has 5 nitrogen and oxygen atoms in total. The van der Waals surface area contributed by atoms with Gasteiger partial charge < -0.3 is 5.32 Å². The van der Waals surface area contributed by atoms with Crippen LogP contribution < -0.4 is 5.32 Å². The van der Waals surface area contributed by atoms with Gasteiger partial charge in [-0.3, -0.25) is 9.36 Å². The zero-order valence-corrected chi connectivity index (χ0v) is 19.4. The zero-order chi connectivity index (χ0) is 21.6. The Hall–Kier alpha value is -2.90. The second kappa shape index (κ2) is 9.94. The fourth-order valence-electron chi connectivity index (χ4n) is 3.18. The lowest BCUT2D eigenvalue weighted by Crippen LogP contribution is -2.15. The average Bonchev–Trinajstić information content (AvgIpc) is 3.17. The molecule has 1 aromatic heterocycles. The number of carbonyl (C=O) groups excluding carboxylic acids is 1. The van der Waals surface area contributed by atoms with E-state index >= 15 is 0 Å². The molecular weight excluding hydrogens is 472 g/mol. The Bertz CT molecular complexity index is 1190. The highest BCUT2D eigenvalue weighted by Crippen LogP contribution is 2.30. The predicted octanol–water partition coefficient (Wildman–Crippen LogP) is 5.80. The standard InChI is InChI=1S/C24H21BrN4OS/c1-17-9-5-8-14-21(17)26-22(30)16-31-24-28-27-23(19-12-6-7-13-20(19)25)29(24)15-18-10-3-2-4-11-18/h2-14H,15-16H2,1H3,(H,26,30). The van der Waals surface area contributed by atoms with Crippen LogP contribution in [0.5, 0.6) is 0 Å². The van der Waals surface area contributed by atoms with Gasteiger partial charge in [0.25, 0.3) is 0 Å². The lowest BCUT2D eigenvalue weighted by atomic mass is 10.2. The molecule has 1 amide bonds. The van der Waals surface area contributed by atoms with Gasteiger partial charge in [-0.25, -0.2) is 0 Å². The average molecular weight is 493 g/mol. The summed E-state index contributed by atoms with van der Waals surface area (Å²) in [4.78, 5) is 12.5. The normalized spacial score (nSPS) is 10.8. The molecule has 3 aromatic carbocycles. The quantitative estimate of drug-likeness (QED) is 0.331. The Morgan fingerprint density at radius 1 is 0.968 bits per heavy atom. The van der Waals surface area contributed by atoms with Crippen LogP contribution in [0, 0.1) is 6.92 Å². The van der Waals surface area contributed by atoms with E-state index in [1.807, 2.05) is 73.7 Å². The molecule has 0 atom stereocenters. The molecule has 1 heterocycles. The Labute approximate surface area is 194 Å². The van der Waals surface area contributed by atoms with Crippen LogP contribution in [0.1, 0.15) is 11.1 Å². The monoisotopic (exact) mass is 492 g/mol. The van der Waals surface area contributed by atoms with Crippen molar-refractivity contribution in [3.8, 4) is 11.4 Å². The number of thioether (sulfide) groups is 1. The number of carbonyl (C=O) groups is 1. The molecule has 7 heteroatoms. The van der Waals surface area contributed by atoms with Gasteiger partial charge in [0.15, 0.2) is 11.0 Å². The minimum absolute atomic E-state index is 0.0731. The summed E-state index contributed by atoms with van der Waals surface area (Å²) in [7, 11) is 0. The summed E-state index contributed by atoms with van der Waals surface area (Å²) in [6.07, 6.45) is 0. The maximum absolute atomic E-state index is 12.5. The Morgan fingerprint density at radius 2 is 1.68 bits per heavy atom. The van der Waals surface area contributed by atoms with Gasteiger partial charge in [0, 0.05) is 15.7 Å². The number of nitrogens with zero attached hydrogens (tertiary/aromatic N) is 3. The number of benzene rings is 3. The third-order valence-corrected chi connectivity index (χ3v) is 6.42. The maximum atomic E-state index is 12.5. The second-order valence-electron chi connectivity index (χ2n) is 7.01. The van der Waals surface area contributed by atoms with Gasteiger partial charge in [-0.2, -0.15) is 0 Å². The van der Waals surface area contributed by atoms with Crippen molar-refractivity contribution in [2.24, 2.45) is 0 Å². The summed E-state index contributed by atoms with van der Waals surface area (Å²) in [5.41, 5.74) is 3.96. The van der Waals surface area contributed by atoms with Gasteiger partial charge in [-0.15, -0.1) is 10.2 Å². The SMILES string of the molecule is Cc1ccccc1NC(=O)CSc1nnc(-c2ccccc2Br)n1Cc1ccccc1. The molecular formula is C24H21BrN4OS. The number of anilines is 1. The van der Waals surface area contributed by atoms with Crippen molar-refractivity contribution in [3.05, 3.63) is 94.5 Å². The molecule has 0 unspecified atom stereocenters. The minimum atomic E-state index is -0.0731. The number of para-hydroxylation sites is 1. The van der Waals surface area contributed by atoms with Crippen LogP contribution in [0.25, 0.3) is 11.4 Å². The van der Waals surface area contributed by atoms with Crippen molar-refractivity contribution < 1.29 is 4.79 Å². The molecule has 0 spiro atoms. The van der Waals surface area contributed by atoms with E-state index in [2.05, 4.69) is 48.1 Å². The minimum Gasteiger partial charge on any atom is -0.325 e. The van der Waals surface area contributed by atoms with Crippen molar-refractivity contribution in [2.75, 3.05) is 11.1 Å². The number of aromatic nitrogens is 3. The van der Waals surface area contributed by atoms with Crippen LogP contribution in [0.4, 0.5) is 5.69 Å². The molecule has 0 radical (unpaired) electrons. The van der Waals surface area contributed by atoms with Gasteiger partial charge in [-0.05, 0) is 30.2 Å². The summed E-state index contributed by atoms with van der Waals surface area (Å²) in [5, 5.41) is 12.5. The van der Waals surface area contributed by atoms with Crippen molar-refractivity contribution in [3.63, 3.8) is 0 Å². The molecule has 156 valence electrons. The van der Waals surface area contributed by atoms with Crippen LogP contribution in [0.15, 0.2) is 88.5 Å². The molecule has 0 bridgehead atoms. The summed E-state index contributed by atoms with van der Waals surface area (Å²) < 4.78 is 3.01. The summed E-state index contributed by atoms with van der Waals surface area (Å²) in [6, 6.07) is 25.9. The van der Waals surface area contributed by atoms with Crippen molar-refractivity contribution in [2.45, 2.75) is 18.6 Å². The molecule has 31 heavy (non-hydrogen) atoms. The van der Waals surface area contributed by atoms with E-state index < -0.39 is 0 Å². The molecule has 0 aliphatic rings. The molecule has 0 saturated heterocycles. The lowest BCUT2D eigenvalue weighted by Gasteiger charge is -2.12. The number of rotatable bonds is 7. The highest BCUT2D eigenvalue weighted by molar-refractivity contribution is 9.10. The number of hydrogen-bond acceptors (Lipinski definition) is 4. The number of aryl methyl sites for hydroxylation is 1. The maximum Gasteiger partial charge on any atom is 0.234 e. The summed E-state index contributed by atoms with van der Waals surface area (Å²) in [6.45, 7) is 2.59. The van der Waals surface area contributed by atoms with E-state index in [-0.39, 0.29) is 11.7 Å². The number of halogens is 1. The zero-order valence-electron chi connectivity index (χ0n) is 17.0.